The predicted molar refractivity (Wildman–Crippen MR) is 103 cm³/mol. The van der Waals surface area contributed by atoms with E-state index in [1.54, 1.807) is 0 Å². The largest absolute Gasteiger partial charge is 0.307 e. The average molecular weight is 335 g/mol. The van der Waals surface area contributed by atoms with Crippen molar-refractivity contribution in [2.45, 2.75) is 39.3 Å². The van der Waals surface area contributed by atoms with Gasteiger partial charge in [-0.25, -0.2) is 4.98 Å². The lowest BCUT2D eigenvalue weighted by Crippen LogP contribution is -2.32. The molecule has 1 aromatic heterocycles. The summed E-state index contributed by atoms with van der Waals surface area (Å²) < 4.78 is 1.83. The van der Waals surface area contributed by atoms with E-state index in [1.165, 1.54) is 0 Å². The van der Waals surface area contributed by atoms with Crippen molar-refractivity contribution in [3.63, 3.8) is 0 Å². The predicted octanol–water partition coefficient (Wildman–Crippen LogP) is 3.90. The zero-order chi connectivity index (χ0) is 17.6. The van der Waals surface area contributed by atoms with Crippen LogP contribution in [0.2, 0.25) is 0 Å². The minimum Gasteiger partial charge on any atom is -0.307 e. The first kappa shape index (κ1) is 17.4. The topological polar surface area (TPSA) is 46.9 Å². The Bertz CT molecular complexity index is 887. The highest BCUT2D eigenvalue weighted by molar-refractivity contribution is 5.77. The number of hydrogen-bond donors (Lipinski definition) is 1. The highest BCUT2D eigenvalue weighted by Gasteiger charge is 2.18. The van der Waals surface area contributed by atoms with Crippen LogP contribution >= 0.6 is 0 Å². The van der Waals surface area contributed by atoms with Gasteiger partial charge in [0.05, 0.1) is 23.5 Å². The maximum Gasteiger partial charge on any atom is 0.261 e. The smallest absolute Gasteiger partial charge is 0.261 e. The fourth-order valence-corrected chi connectivity index (χ4v) is 3.11. The molecule has 0 aliphatic carbocycles. The molecule has 3 rings (SSSR count). The SMILES string of the molecule is CCCNC(CC)c1nc2ccccc2c(=O)n1Cc1ccccc1. The van der Waals surface area contributed by atoms with Crippen molar-refractivity contribution in [1.82, 2.24) is 14.9 Å². The lowest BCUT2D eigenvalue weighted by molar-refractivity contribution is 0.467. The summed E-state index contributed by atoms with van der Waals surface area (Å²) >= 11 is 0. The molecule has 25 heavy (non-hydrogen) atoms. The Morgan fingerprint density at radius 1 is 1.04 bits per heavy atom. The van der Waals surface area contributed by atoms with E-state index >= 15 is 0 Å². The summed E-state index contributed by atoms with van der Waals surface area (Å²) in [5.41, 5.74) is 1.90. The van der Waals surface area contributed by atoms with E-state index < -0.39 is 0 Å². The van der Waals surface area contributed by atoms with Crippen molar-refractivity contribution in [3.05, 3.63) is 76.3 Å². The lowest BCUT2D eigenvalue weighted by atomic mass is 10.1. The third kappa shape index (κ3) is 3.80. The van der Waals surface area contributed by atoms with Crippen molar-refractivity contribution in [1.29, 1.82) is 0 Å². The van der Waals surface area contributed by atoms with Gasteiger partial charge in [0.15, 0.2) is 0 Å². The van der Waals surface area contributed by atoms with Crippen LogP contribution in [-0.4, -0.2) is 16.1 Å². The number of aromatic nitrogens is 2. The fourth-order valence-electron chi connectivity index (χ4n) is 3.11. The molecule has 0 saturated carbocycles. The van der Waals surface area contributed by atoms with E-state index in [0.29, 0.717) is 11.9 Å². The summed E-state index contributed by atoms with van der Waals surface area (Å²) in [6.45, 7) is 5.72. The number of fused-ring (bicyclic) bond motifs is 1. The summed E-state index contributed by atoms with van der Waals surface area (Å²) in [5, 5.41) is 4.20. The molecule has 1 atom stereocenters. The van der Waals surface area contributed by atoms with Gasteiger partial charge in [-0.05, 0) is 37.1 Å². The molecule has 0 aliphatic rings. The third-order valence-corrected chi connectivity index (χ3v) is 4.44. The lowest BCUT2D eigenvalue weighted by Gasteiger charge is -2.21. The molecule has 0 amide bonds. The summed E-state index contributed by atoms with van der Waals surface area (Å²) in [4.78, 5) is 18.0. The first-order valence-electron chi connectivity index (χ1n) is 9.01. The number of para-hydroxylation sites is 1. The molecule has 130 valence electrons. The van der Waals surface area contributed by atoms with Crippen molar-refractivity contribution in [2.75, 3.05) is 6.54 Å². The van der Waals surface area contributed by atoms with Gasteiger partial charge in [-0.1, -0.05) is 56.3 Å². The molecule has 1 N–H and O–H groups in total. The number of benzene rings is 2. The van der Waals surface area contributed by atoms with Gasteiger partial charge in [0, 0.05) is 0 Å². The maximum absolute atomic E-state index is 13.1. The minimum absolute atomic E-state index is 0.0289. The van der Waals surface area contributed by atoms with Crippen molar-refractivity contribution >= 4 is 10.9 Å². The van der Waals surface area contributed by atoms with Gasteiger partial charge in [-0.2, -0.15) is 0 Å². The first-order valence-corrected chi connectivity index (χ1v) is 9.01. The van der Waals surface area contributed by atoms with Crippen LogP contribution in [0.3, 0.4) is 0 Å². The van der Waals surface area contributed by atoms with E-state index in [4.69, 9.17) is 4.98 Å². The van der Waals surface area contributed by atoms with Gasteiger partial charge in [0.2, 0.25) is 0 Å². The van der Waals surface area contributed by atoms with Crippen molar-refractivity contribution in [2.24, 2.45) is 0 Å². The monoisotopic (exact) mass is 335 g/mol. The standard InChI is InChI=1S/C21H25N3O/c1-3-14-22-18(4-2)20-23-19-13-9-8-12-17(19)21(25)24(20)15-16-10-6-5-7-11-16/h5-13,18,22H,3-4,14-15H2,1-2H3. The van der Waals surface area contributed by atoms with E-state index in [-0.39, 0.29) is 11.6 Å². The molecule has 1 heterocycles. The highest BCUT2D eigenvalue weighted by atomic mass is 16.1. The van der Waals surface area contributed by atoms with Crippen LogP contribution in [0.5, 0.6) is 0 Å². The van der Waals surface area contributed by atoms with Gasteiger partial charge < -0.3 is 5.32 Å². The van der Waals surface area contributed by atoms with Gasteiger partial charge in [-0.15, -0.1) is 0 Å². The van der Waals surface area contributed by atoms with Gasteiger partial charge in [0.25, 0.3) is 5.56 Å². The van der Waals surface area contributed by atoms with Gasteiger partial charge in [0.1, 0.15) is 5.82 Å². The first-order chi connectivity index (χ1) is 12.2. The zero-order valence-electron chi connectivity index (χ0n) is 14.9. The fraction of sp³-hybridized carbons (Fsp3) is 0.333. The zero-order valence-corrected chi connectivity index (χ0v) is 14.9. The number of hydrogen-bond acceptors (Lipinski definition) is 3. The minimum atomic E-state index is 0.0289. The van der Waals surface area contributed by atoms with Gasteiger partial charge >= 0.3 is 0 Å². The van der Waals surface area contributed by atoms with Crippen LogP contribution < -0.4 is 10.9 Å². The summed E-state index contributed by atoms with van der Waals surface area (Å²) in [6, 6.07) is 17.8. The normalized spacial score (nSPS) is 12.4. The molecule has 3 aromatic rings. The Labute approximate surface area is 148 Å². The molecule has 0 aliphatic heterocycles. The number of rotatable bonds is 7. The molecule has 1 unspecified atom stereocenters. The average Bonchev–Trinajstić information content (AvgIpc) is 2.66. The molecule has 4 nitrogen and oxygen atoms in total. The summed E-state index contributed by atoms with van der Waals surface area (Å²) in [7, 11) is 0. The Kier molecular flexibility index (Phi) is 5.61. The second-order valence-electron chi connectivity index (χ2n) is 6.28. The van der Waals surface area contributed by atoms with Crippen molar-refractivity contribution < 1.29 is 0 Å². The number of nitrogens with zero attached hydrogens (tertiary/aromatic N) is 2. The van der Waals surface area contributed by atoms with Crippen LogP contribution in [0, 0.1) is 0 Å². The van der Waals surface area contributed by atoms with Crippen LogP contribution in [0.25, 0.3) is 10.9 Å². The molecular weight excluding hydrogens is 310 g/mol. The molecule has 2 aromatic carbocycles. The molecular formula is C21H25N3O. The molecule has 0 saturated heterocycles. The van der Waals surface area contributed by atoms with Crippen LogP contribution in [0.4, 0.5) is 0 Å². The Hall–Kier alpha value is -2.46. The summed E-state index contributed by atoms with van der Waals surface area (Å²) in [5.74, 6) is 0.823. The third-order valence-electron chi connectivity index (χ3n) is 4.44. The molecule has 0 spiro atoms. The Morgan fingerprint density at radius 2 is 1.76 bits per heavy atom. The van der Waals surface area contributed by atoms with Crippen LogP contribution in [0.15, 0.2) is 59.4 Å². The van der Waals surface area contributed by atoms with Crippen molar-refractivity contribution in [3.8, 4) is 0 Å². The van der Waals surface area contributed by atoms with Crippen LogP contribution in [0.1, 0.15) is 44.1 Å². The second kappa shape index (κ2) is 8.08. The Balaban J connectivity index is 2.14. The Morgan fingerprint density at radius 3 is 2.48 bits per heavy atom. The van der Waals surface area contributed by atoms with E-state index in [9.17, 15) is 4.79 Å². The molecule has 4 heteroatoms. The molecule has 0 bridgehead atoms. The molecule has 0 fully saturated rings. The summed E-state index contributed by atoms with van der Waals surface area (Å²) in [6.07, 6.45) is 1.94. The highest BCUT2D eigenvalue weighted by Crippen LogP contribution is 2.18. The number of nitrogens with one attached hydrogen (secondary N) is 1. The van der Waals surface area contributed by atoms with E-state index in [1.807, 2.05) is 59.2 Å². The maximum atomic E-state index is 13.1. The van der Waals surface area contributed by atoms with E-state index in [2.05, 4.69) is 19.2 Å². The molecule has 0 radical (unpaired) electrons. The second-order valence-corrected chi connectivity index (χ2v) is 6.28. The van der Waals surface area contributed by atoms with Crippen LogP contribution in [-0.2, 0) is 6.54 Å². The van der Waals surface area contributed by atoms with E-state index in [0.717, 1.165) is 36.3 Å². The quantitative estimate of drug-likeness (QED) is 0.712. The van der Waals surface area contributed by atoms with Gasteiger partial charge in [-0.3, -0.25) is 9.36 Å².